The van der Waals surface area contributed by atoms with Gasteiger partial charge in [-0.3, -0.25) is 0 Å². The van der Waals surface area contributed by atoms with Crippen molar-refractivity contribution in [3.63, 3.8) is 0 Å². The van der Waals surface area contributed by atoms with Crippen LogP contribution in [0.3, 0.4) is 0 Å². The van der Waals surface area contributed by atoms with Crippen LogP contribution in [-0.4, -0.2) is 27.7 Å². The van der Waals surface area contributed by atoms with E-state index in [9.17, 15) is 5.11 Å². The Bertz CT molecular complexity index is 382. The predicted octanol–water partition coefficient (Wildman–Crippen LogP) is 2.74. The normalized spacial score (nSPS) is 12.9. The Morgan fingerprint density at radius 3 is 2.53 bits per heavy atom. The maximum absolute atomic E-state index is 9.52. The molecule has 0 aromatic carbocycles. The number of aromatic nitrogens is 2. The highest BCUT2D eigenvalue weighted by atomic mass is 35.5. The predicted molar refractivity (Wildman–Crippen MR) is 70.7 cm³/mol. The summed E-state index contributed by atoms with van der Waals surface area (Å²) in [5.74, 6) is 1.65. The summed E-state index contributed by atoms with van der Waals surface area (Å²) in [6.45, 7) is 8.32. The molecule has 5 heteroatoms. The molecule has 1 aromatic rings. The highest BCUT2D eigenvalue weighted by molar-refractivity contribution is 6.30. The van der Waals surface area contributed by atoms with Crippen LogP contribution < -0.4 is 5.32 Å². The van der Waals surface area contributed by atoms with Gasteiger partial charge in [-0.25, -0.2) is 9.97 Å². The Morgan fingerprint density at radius 2 is 2.00 bits per heavy atom. The van der Waals surface area contributed by atoms with E-state index in [0.29, 0.717) is 29.8 Å². The summed E-state index contributed by atoms with van der Waals surface area (Å²) in [6, 6.07) is 0. The highest BCUT2D eigenvalue weighted by Crippen LogP contribution is 2.22. The van der Waals surface area contributed by atoms with Crippen molar-refractivity contribution < 1.29 is 5.11 Å². The van der Waals surface area contributed by atoms with Crippen LogP contribution in [0.2, 0.25) is 5.15 Å². The Kier molecular flexibility index (Phi) is 5.15. The molecule has 1 heterocycles. The first-order valence-electron chi connectivity index (χ1n) is 5.91. The van der Waals surface area contributed by atoms with Gasteiger partial charge in [0.1, 0.15) is 16.8 Å². The highest BCUT2D eigenvalue weighted by Gasteiger charge is 2.12. The lowest BCUT2D eigenvalue weighted by molar-refractivity contribution is 0.183. The molecule has 0 saturated carbocycles. The molecule has 0 saturated heterocycles. The quantitative estimate of drug-likeness (QED) is 0.797. The third-order valence-corrected chi connectivity index (χ3v) is 2.96. The minimum absolute atomic E-state index is 0.227. The molecule has 1 aromatic heterocycles. The van der Waals surface area contributed by atoms with Gasteiger partial charge in [-0.2, -0.15) is 0 Å². The van der Waals surface area contributed by atoms with Crippen molar-refractivity contribution in [3.8, 4) is 0 Å². The summed E-state index contributed by atoms with van der Waals surface area (Å²) in [7, 11) is 0. The lowest BCUT2D eigenvalue weighted by Crippen LogP contribution is -2.20. The maximum atomic E-state index is 9.52. The van der Waals surface area contributed by atoms with Gasteiger partial charge in [0.15, 0.2) is 0 Å². The van der Waals surface area contributed by atoms with E-state index in [4.69, 9.17) is 11.6 Å². The van der Waals surface area contributed by atoms with Crippen molar-refractivity contribution in [2.45, 2.75) is 46.1 Å². The number of aliphatic hydroxyl groups excluding tert-OH is 1. The summed E-state index contributed by atoms with van der Waals surface area (Å²) in [6.07, 6.45) is 0.340. The summed E-state index contributed by atoms with van der Waals surface area (Å²) in [4.78, 5) is 8.65. The molecule has 96 valence electrons. The molecule has 2 N–H and O–H groups in total. The fourth-order valence-corrected chi connectivity index (χ4v) is 1.47. The fourth-order valence-electron chi connectivity index (χ4n) is 1.29. The number of hydrogen-bond acceptors (Lipinski definition) is 4. The zero-order valence-corrected chi connectivity index (χ0v) is 11.5. The number of rotatable bonds is 5. The monoisotopic (exact) mass is 257 g/mol. The van der Waals surface area contributed by atoms with Gasteiger partial charge in [0.2, 0.25) is 0 Å². The second-order valence-corrected chi connectivity index (χ2v) is 4.80. The fraction of sp³-hybridized carbons (Fsp3) is 0.667. The van der Waals surface area contributed by atoms with Gasteiger partial charge in [-0.1, -0.05) is 32.4 Å². The largest absolute Gasteiger partial charge is 0.391 e. The average Bonchev–Trinajstić information content (AvgIpc) is 2.30. The van der Waals surface area contributed by atoms with E-state index in [0.717, 1.165) is 5.56 Å². The van der Waals surface area contributed by atoms with Crippen LogP contribution in [0.4, 0.5) is 5.82 Å². The Morgan fingerprint density at radius 1 is 1.35 bits per heavy atom. The average molecular weight is 258 g/mol. The van der Waals surface area contributed by atoms with Crippen molar-refractivity contribution in [2.24, 2.45) is 0 Å². The Labute approximate surface area is 107 Å². The molecule has 0 amide bonds. The van der Waals surface area contributed by atoms with E-state index < -0.39 is 0 Å². The van der Waals surface area contributed by atoms with Gasteiger partial charge in [0.05, 0.1) is 6.10 Å². The smallest absolute Gasteiger partial charge is 0.137 e. The molecule has 1 atom stereocenters. The van der Waals surface area contributed by atoms with E-state index >= 15 is 0 Å². The number of nitrogens with one attached hydrogen (secondary N) is 1. The van der Waals surface area contributed by atoms with E-state index in [-0.39, 0.29) is 12.0 Å². The van der Waals surface area contributed by atoms with E-state index in [1.165, 1.54) is 0 Å². The third kappa shape index (κ3) is 3.82. The molecule has 0 spiro atoms. The number of hydrogen-bond donors (Lipinski definition) is 2. The van der Waals surface area contributed by atoms with Crippen LogP contribution in [0.1, 0.15) is 44.5 Å². The summed E-state index contributed by atoms with van der Waals surface area (Å²) in [5, 5.41) is 13.1. The van der Waals surface area contributed by atoms with Crippen molar-refractivity contribution in [2.75, 3.05) is 11.9 Å². The number of anilines is 1. The summed E-state index contributed by atoms with van der Waals surface area (Å²) >= 11 is 6.06. The van der Waals surface area contributed by atoms with Crippen LogP contribution in [0.15, 0.2) is 0 Å². The lowest BCUT2D eigenvalue weighted by atomic mass is 10.2. The lowest BCUT2D eigenvalue weighted by Gasteiger charge is -2.14. The number of halogens is 1. The minimum atomic E-state index is -0.370. The first kappa shape index (κ1) is 14.2. The van der Waals surface area contributed by atoms with Crippen LogP contribution in [0.5, 0.6) is 0 Å². The van der Waals surface area contributed by atoms with Gasteiger partial charge >= 0.3 is 0 Å². The van der Waals surface area contributed by atoms with Gasteiger partial charge in [-0.05, 0) is 13.3 Å². The van der Waals surface area contributed by atoms with Crippen LogP contribution in [0, 0.1) is 6.92 Å². The molecule has 0 aliphatic rings. The Hall–Kier alpha value is -0.870. The third-order valence-electron chi connectivity index (χ3n) is 2.60. The second kappa shape index (κ2) is 6.17. The van der Waals surface area contributed by atoms with E-state index in [1.807, 2.05) is 27.7 Å². The molecule has 4 nitrogen and oxygen atoms in total. The van der Waals surface area contributed by atoms with Crippen molar-refractivity contribution in [3.05, 3.63) is 16.5 Å². The Balaban J connectivity index is 2.90. The van der Waals surface area contributed by atoms with Crippen molar-refractivity contribution in [1.29, 1.82) is 0 Å². The van der Waals surface area contributed by atoms with Gasteiger partial charge in [0, 0.05) is 18.0 Å². The first-order valence-corrected chi connectivity index (χ1v) is 6.29. The standard InChI is InChI=1S/C12H20ClN3O/c1-5-9(17)6-14-12-8(4)10(13)15-11(16-12)7(2)3/h7,9,17H,5-6H2,1-4H3,(H,14,15,16). The zero-order chi connectivity index (χ0) is 13.0. The second-order valence-electron chi connectivity index (χ2n) is 4.44. The topological polar surface area (TPSA) is 58.0 Å². The van der Waals surface area contributed by atoms with Crippen molar-refractivity contribution >= 4 is 17.4 Å². The first-order chi connectivity index (χ1) is 7.95. The molecule has 0 bridgehead atoms. The van der Waals surface area contributed by atoms with Gasteiger partial charge in [-0.15, -0.1) is 0 Å². The van der Waals surface area contributed by atoms with E-state index in [2.05, 4.69) is 15.3 Å². The molecule has 0 radical (unpaired) electrons. The molecule has 0 aliphatic heterocycles. The molecule has 1 rings (SSSR count). The number of aliphatic hydroxyl groups is 1. The molecular weight excluding hydrogens is 238 g/mol. The van der Waals surface area contributed by atoms with Crippen LogP contribution in [0.25, 0.3) is 0 Å². The summed E-state index contributed by atoms with van der Waals surface area (Å²) in [5.41, 5.74) is 0.819. The molecule has 0 fully saturated rings. The number of nitrogens with zero attached hydrogens (tertiary/aromatic N) is 2. The minimum Gasteiger partial charge on any atom is -0.391 e. The molecular formula is C12H20ClN3O. The van der Waals surface area contributed by atoms with E-state index in [1.54, 1.807) is 0 Å². The molecule has 1 unspecified atom stereocenters. The van der Waals surface area contributed by atoms with Crippen molar-refractivity contribution in [1.82, 2.24) is 9.97 Å². The van der Waals surface area contributed by atoms with Gasteiger partial charge < -0.3 is 10.4 Å². The van der Waals surface area contributed by atoms with Gasteiger partial charge in [0.25, 0.3) is 0 Å². The zero-order valence-electron chi connectivity index (χ0n) is 10.8. The SMILES string of the molecule is CCC(O)CNc1nc(C(C)C)nc(Cl)c1C. The molecule has 0 aliphatic carbocycles. The van der Waals surface area contributed by atoms with Crippen LogP contribution >= 0.6 is 11.6 Å². The maximum Gasteiger partial charge on any atom is 0.137 e. The summed E-state index contributed by atoms with van der Waals surface area (Å²) < 4.78 is 0. The van der Waals surface area contributed by atoms with Crippen LogP contribution in [-0.2, 0) is 0 Å². The molecule has 17 heavy (non-hydrogen) atoms.